The molecule has 1 aliphatic carbocycles. The first-order valence-electron chi connectivity index (χ1n) is 12.9. The van der Waals surface area contributed by atoms with Crippen molar-refractivity contribution in [2.24, 2.45) is 5.92 Å². The monoisotopic (exact) mass is 499 g/mol. The first-order valence-corrected chi connectivity index (χ1v) is 12.9. The number of benzene rings is 3. The van der Waals surface area contributed by atoms with Gasteiger partial charge >= 0.3 is 0 Å². The van der Waals surface area contributed by atoms with Crippen LogP contribution < -0.4 is 15.4 Å². The van der Waals surface area contributed by atoms with Crippen LogP contribution >= 0.6 is 0 Å². The Bertz CT molecular complexity index is 1220. The maximum atomic E-state index is 12.0. The molecule has 1 saturated carbocycles. The Labute approximate surface area is 219 Å². The van der Waals surface area contributed by atoms with Crippen LogP contribution in [-0.4, -0.2) is 37.0 Å². The van der Waals surface area contributed by atoms with E-state index < -0.39 is 0 Å². The molecule has 6 nitrogen and oxygen atoms in total. The van der Waals surface area contributed by atoms with Crippen LogP contribution in [0.3, 0.4) is 0 Å². The summed E-state index contributed by atoms with van der Waals surface area (Å²) >= 11 is 0. The van der Waals surface area contributed by atoms with Crippen molar-refractivity contribution < 1.29 is 14.3 Å². The molecule has 194 valence electrons. The predicted octanol–water partition coefficient (Wildman–Crippen LogP) is 5.68. The van der Waals surface area contributed by atoms with E-state index in [1.54, 1.807) is 0 Å². The van der Waals surface area contributed by atoms with Crippen molar-refractivity contribution in [3.63, 3.8) is 0 Å². The SMILES string of the molecule is CCc1ccccc1.Cc1ccccc1.O=CNCCNC(=O)c1cc2cc(OCC3CC3)ccc2[nH]1. The van der Waals surface area contributed by atoms with Crippen LogP contribution in [0.5, 0.6) is 5.75 Å². The van der Waals surface area contributed by atoms with E-state index in [-0.39, 0.29) is 5.91 Å². The molecule has 4 aromatic rings. The van der Waals surface area contributed by atoms with Crippen LogP contribution in [0, 0.1) is 12.8 Å². The van der Waals surface area contributed by atoms with Crippen molar-refractivity contribution in [3.8, 4) is 5.75 Å². The van der Waals surface area contributed by atoms with Crippen LogP contribution in [0.2, 0.25) is 0 Å². The number of carbonyl (C=O) groups excluding carboxylic acids is 2. The van der Waals surface area contributed by atoms with Gasteiger partial charge in [0.05, 0.1) is 6.61 Å². The Hall–Kier alpha value is -4.06. The van der Waals surface area contributed by atoms with Gasteiger partial charge in [0.2, 0.25) is 6.41 Å². The molecule has 0 atom stereocenters. The van der Waals surface area contributed by atoms with Crippen molar-refractivity contribution in [3.05, 3.63) is 102 Å². The van der Waals surface area contributed by atoms with Gasteiger partial charge in [0.25, 0.3) is 5.91 Å². The van der Waals surface area contributed by atoms with Gasteiger partial charge in [0.15, 0.2) is 0 Å². The van der Waals surface area contributed by atoms with E-state index >= 15 is 0 Å². The molecule has 0 unspecified atom stereocenters. The van der Waals surface area contributed by atoms with E-state index in [4.69, 9.17) is 4.74 Å². The minimum Gasteiger partial charge on any atom is -0.493 e. The summed E-state index contributed by atoms with van der Waals surface area (Å²) in [6.45, 7) is 5.82. The lowest BCUT2D eigenvalue weighted by Gasteiger charge is -2.04. The van der Waals surface area contributed by atoms with Gasteiger partial charge in [-0.25, -0.2) is 0 Å². The molecule has 1 aliphatic rings. The molecule has 37 heavy (non-hydrogen) atoms. The third kappa shape index (κ3) is 10.2. The highest BCUT2D eigenvalue weighted by molar-refractivity contribution is 5.98. The summed E-state index contributed by atoms with van der Waals surface area (Å²) in [6.07, 6.45) is 4.27. The number of aryl methyl sites for hydroxylation is 2. The predicted molar refractivity (Wildman–Crippen MR) is 150 cm³/mol. The van der Waals surface area contributed by atoms with Gasteiger partial charge in [-0.1, -0.05) is 73.2 Å². The van der Waals surface area contributed by atoms with Crippen molar-refractivity contribution in [1.29, 1.82) is 0 Å². The van der Waals surface area contributed by atoms with Crippen molar-refractivity contribution >= 4 is 23.2 Å². The number of aromatic nitrogens is 1. The Balaban J connectivity index is 0.000000206. The number of carbonyl (C=O) groups is 2. The zero-order valence-electron chi connectivity index (χ0n) is 21.7. The van der Waals surface area contributed by atoms with Crippen molar-refractivity contribution in [2.45, 2.75) is 33.1 Å². The zero-order valence-corrected chi connectivity index (χ0v) is 21.7. The normalized spacial score (nSPS) is 11.8. The number of nitrogens with one attached hydrogen (secondary N) is 3. The maximum Gasteiger partial charge on any atom is 0.267 e. The van der Waals surface area contributed by atoms with Gasteiger partial charge in [-0.05, 0) is 61.9 Å². The molecule has 0 spiro atoms. The number of fused-ring (bicyclic) bond motifs is 1. The smallest absolute Gasteiger partial charge is 0.267 e. The molecule has 0 radical (unpaired) electrons. The third-order valence-corrected chi connectivity index (χ3v) is 5.85. The van der Waals surface area contributed by atoms with Crippen molar-refractivity contribution in [1.82, 2.24) is 15.6 Å². The summed E-state index contributed by atoms with van der Waals surface area (Å²) in [5.41, 5.74) is 4.13. The van der Waals surface area contributed by atoms with E-state index in [1.807, 2.05) is 48.5 Å². The van der Waals surface area contributed by atoms with Crippen LogP contribution in [0.15, 0.2) is 84.9 Å². The van der Waals surface area contributed by atoms with Gasteiger partial charge in [0.1, 0.15) is 11.4 Å². The molecule has 0 aliphatic heterocycles. The fourth-order valence-corrected chi connectivity index (χ4v) is 3.47. The molecule has 6 heteroatoms. The summed E-state index contributed by atoms with van der Waals surface area (Å²) < 4.78 is 5.74. The van der Waals surface area contributed by atoms with Gasteiger partial charge in [-0.3, -0.25) is 9.59 Å². The number of rotatable bonds is 9. The highest BCUT2D eigenvalue weighted by atomic mass is 16.5. The highest BCUT2D eigenvalue weighted by Gasteiger charge is 2.22. The lowest BCUT2D eigenvalue weighted by atomic mass is 10.2. The fraction of sp³-hybridized carbons (Fsp3) is 0.290. The zero-order chi connectivity index (χ0) is 26.3. The van der Waals surface area contributed by atoms with Gasteiger partial charge in [-0.15, -0.1) is 0 Å². The topological polar surface area (TPSA) is 83.2 Å². The maximum absolute atomic E-state index is 12.0. The summed E-state index contributed by atoms with van der Waals surface area (Å²) in [5, 5.41) is 6.18. The Morgan fingerprint density at radius 1 is 0.973 bits per heavy atom. The second-order valence-electron chi connectivity index (χ2n) is 9.01. The summed E-state index contributed by atoms with van der Waals surface area (Å²) in [5.74, 6) is 1.35. The molecule has 0 bridgehead atoms. The molecule has 0 saturated heterocycles. The molecule has 3 aromatic carbocycles. The average molecular weight is 500 g/mol. The van der Waals surface area contributed by atoms with E-state index in [0.29, 0.717) is 31.1 Å². The van der Waals surface area contributed by atoms with Crippen molar-refractivity contribution in [2.75, 3.05) is 19.7 Å². The molecule has 1 fully saturated rings. The summed E-state index contributed by atoms with van der Waals surface area (Å²) in [4.78, 5) is 25.2. The average Bonchev–Trinajstić information content (AvgIpc) is 3.67. The van der Waals surface area contributed by atoms with Crippen LogP contribution in [0.4, 0.5) is 0 Å². The first kappa shape index (κ1) is 27.5. The standard InChI is InChI=1S/C16H19N3O3.C8H10.C7H8/c20-10-17-5-6-18-16(21)15-8-12-7-13(3-4-14(12)19-15)22-9-11-1-2-11;1-2-8-6-4-3-5-7-8;1-7-5-3-2-4-6-7/h3-4,7-8,10-11,19H,1-2,5-6,9H2,(H,17,20)(H,18,21);3-7H,2H2,1H3;2-6H,1H3. The highest BCUT2D eigenvalue weighted by Crippen LogP contribution is 2.30. The Morgan fingerprint density at radius 3 is 2.24 bits per heavy atom. The first-order chi connectivity index (χ1) is 18.1. The molecular formula is C31H37N3O3. The van der Waals surface area contributed by atoms with E-state index in [2.05, 4.69) is 65.9 Å². The Kier molecular flexibility index (Phi) is 11.3. The van der Waals surface area contributed by atoms with Crippen LogP contribution in [-0.2, 0) is 11.2 Å². The number of hydrogen-bond acceptors (Lipinski definition) is 3. The second-order valence-corrected chi connectivity index (χ2v) is 9.01. The summed E-state index contributed by atoms with van der Waals surface area (Å²) in [7, 11) is 0. The number of aromatic amines is 1. The third-order valence-electron chi connectivity index (χ3n) is 5.85. The number of amides is 2. The fourth-order valence-electron chi connectivity index (χ4n) is 3.47. The van der Waals surface area contributed by atoms with Gasteiger partial charge in [-0.2, -0.15) is 0 Å². The molecule has 3 N–H and O–H groups in total. The minimum absolute atomic E-state index is 0.190. The number of H-pyrrole nitrogens is 1. The minimum atomic E-state index is -0.190. The Morgan fingerprint density at radius 2 is 1.68 bits per heavy atom. The molecule has 1 aromatic heterocycles. The summed E-state index contributed by atoms with van der Waals surface area (Å²) in [6, 6.07) is 28.3. The largest absolute Gasteiger partial charge is 0.493 e. The lowest BCUT2D eigenvalue weighted by molar-refractivity contribution is -0.109. The number of hydrogen-bond donors (Lipinski definition) is 3. The quantitative estimate of drug-likeness (QED) is 0.205. The van der Waals surface area contributed by atoms with Gasteiger partial charge in [0, 0.05) is 24.0 Å². The van der Waals surface area contributed by atoms with E-state index in [1.165, 1.54) is 24.0 Å². The van der Waals surface area contributed by atoms with Crippen LogP contribution in [0.25, 0.3) is 10.9 Å². The molecule has 2 amide bonds. The van der Waals surface area contributed by atoms with Crippen LogP contribution in [0.1, 0.15) is 41.4 Å². The molecule has 5 rings (SSSR count). The van der Waals surface area contributed by atoms with E-state index in [9.17, 15) is 9.59 Å². The lowest BCUT2D eigenvalue weighted by Crippen LogP contribution is -2.31. The van der Waals surface area contributed by atoms with Gasteiger partial charge < -0.3 is 20.4 Å². The van der Waals surface area contributed by atoms with E-state index in [0.717, 1.165) is 29.7 Å². The molecular weight excluding hydrogens is 462 g/mol. The number of ether oxygens (including phenoxy) is 1. The molecule has 1 heterocycles. The second kappa shape index (κ2) is 15.1.